The average molecular weight is 332 g/mol. The molecule has 2 atom stereocenters. The Morgan fingerprint density at radius 1 is 1.29 bits per heavy atom. The van der Waals surface area contributed by atoms with Gasteiger partial charge in [0.2, 0.25) is 0 Å². The fraction of sp³-hybridized carbons (Fsp3) is 0.412. The topological polar surface area (TPSA) is 82.6 Å². The van der Waals surface area contributed by atoms with Gasteiger partial charge in [-0.15, -0.1) is 0 Å². The van der Waals surface area contributed by atoms with E-state index in [2.05, 4.69) is 4.98 Å². The van der Waals surface area contributed by atoms with Gasteiger partial charge in [0, 0.05) is 11.8 Å². The van der Waals surface area contributed by atoms with E-state index in [1.54, 1.807) is 6.92 Å². The van der Waals surface area contributed by atoms with Crippen LogP contribution in [0.5, 0.6) is 0 Å². The summed E-state index contributed by atoms with van der Waals surface area (Å²) in [6.45, 7) is 3.18. The Morgan fingerprint density at radius 2 is 2.08 bits per heavy atom. The lowest BCUT2D eigenvalue weighted by molar-refractivity contribution is -0.109. The molecule has 1 fully saturated rings. The Morgan fingerprint density at radius 3 is 2.88 bits per heavy atom. The van der Waals surface area contributed by atoms with Crippen LogP contribution in [0.25, 0.3) is 0 Å². The molecule has 2 heterocycles. The van der Waals surface area contributed by atoms with Crippen LogP contribution in [0, 0.1) is 6.92 Å². The van der Waals surface area contributed by atoms with E-state index in [1.165, 1.54) is 10.8 Å². The molecule has 1 aromatic carbocycles. The van der Waals surface area contributed by atoms with Gasteiger partial charge in [0.25, 0.3) is 5.56 Å². The maximum Gasteiger partial charge on any atom is 0.328 e. The smallest absolute Gasteiger partial charge is 0.328 e. The molecule has 1 saturated heterocycles. The van der Waals surface area contributed by atoms with Crippen molar-refractivity contribution in [2.75, 3.05) is 13.2 Å². The van der Waals surface area contributed by atoms with Gasteiger partial charge in [-0.25, -0.2) is 4.79 Å². The van der Waals surface area contributed by atoms with Gasteiger partial charge in [0.05, 0.1) is 26.4 Å². The first kappa shape index (κ1) is 16.6. The number of aryl methyl sites for hydroxylation is 1. The number of nitrogens with one attached hydrogen (secondary N) is 1. The van der Waals surface area contributed by atoms with Crippen LogP contribution in [0.3, 0.4) is 0 Å². The number of aromatic nitrogens is 2. The number of hydrogen-bond acceptors (Lipinski definition) is 5. The summed E-state index contributed by atoms with van der Waals surface area (Å²) >= 11 is 0. The predicted molar refractivity (Wildman–Crippen MR) is 86.8 cm³/mol. The van der Waals surface area contributed by atoms with Gasteiger partial charge in [-0.3, -0.25) is 14.3 Å². The highest BCUT2D eigenvalue weighted by atomic mass is 16.7. The summed E-state index contributed by atoms with van der Waals surface area (Å²) in [4.78, 5) is 25.4. The maximum atomic E-state index is 11.8. The first-order valence-corrected chi connectivity index (χ1v) is 7.81. The monoisotopic (exact) mass is 332 g/mol. The van der Waals surface area contributed by atoms with E-state index < -0.39 is 12.0 Å². The highest BCUT2D eigenvalue weighted by Crippen LogP contribution is 2.14. The molecule has 3 rings (SSSR count). The second-order valence-corrected chi connectivity index (χ2v) is 5.75. The first-order valence-electron chi connectivity index (χ1n) is 7.81. The number of hydrogen-bond donors (Lipinski definition) is 1. The fourth-order valence-electron chi connectivity index (χ4n) is 2.51. The van der Waals surface area contributed by atoms with Crippen molar-refractivity contribution in [3.05, 3.63) is 68.5 Å². The fourth-order valence-corrected chi connectivity index (χ4v) is 2.51. The molecule has 7 heteroatoms. The Hall–Kier alpha value is -2.22. The summed E-state index contributed by atoms with van der Waals surface area (Å²) in [6, 6.07) is 9.86. The minimum Gasteiger partial charge on any atom is -0.371 e. The number of rotatable bonds is 6. The van der Waals surface area contributed by atoms with Crippen molar-refractivity contribution in [2.24, 2.45) is 0 Å². The molecule has 7 nitrogen and oxygen atoms in total. The standard InChI is InChI=1S/C17H20N2O5/c1-12-7-19(17(21)18-16(12)20)8-14-10-23-15(24-14)11-22-9-13-5-3-2-4-6-13/h2-7,14-15H,8-11H2,1H3,(H,18,20,21)/t14-,15+/m0/s1. The number of benzene rings is 1. The quantitative estimate of drug-likeness (QED) is 0.846. The molecule has 0 unspecified atom stereocenters. The molecule has 1 N–H and O–H groups in total. The number of H-pyrrole nitrogens is 1. The van der Waals surface area contributed by atoms with Crippen LogP contribution < -0.4 is 11.2 Å². The zero-order valence-corrected chi connectivity index (χ0v) is 13.4. The zero-order valence-electron chi connectivity index (χ0n) is 13.4. The van der Waals surface area contributed by atoms with Crippen LogP contribution in [-0.4, -0.2) is 35.2 Å². The summed E-state index contributed by atoms with van der Waals surface area (Å²) < 4.78 is 18.3. The molecule has 24 heavy (non-hydrogen) atoms. The molecule has 2 aromatic rings. The molecule has 0 radical (unpaired) electrons. The van der Waals surface area contributed by atoms with Crippen molar-refractivity contribution in [1.29, 1.82) is 0 Å². The Labute approximate surface area is 138 Å². The minimum atomic E-state index is -0.446. The van der Waals surface area contributed by atoms with E-state index in [9.17, 15) is 9.59 Å². The summed E-state index contributed by atoms with van der Waals surface area (Å²) in [6.07, 6.45) is 0.834. The van der Waals surface area contributed by atoms with Gasteiger partial charge < -0.3 is 14.2 Å². The predicted octanol–water partition coefficient (Wildman–Crippen LogP) is 0.803. The van der Waals surface area contributed by atoms with Gasteiger partial charge in [-0.05, 0) is 12.5 Å². The number of ether oxygens (including phenoxy) is 3. The van der Waals surface area contributed by atoms with Gasteiger partial charge in [-0.2, -0.15) is 0 Å². The largest absolute Gasteiger partial charge is 0.371 e. The Balaban J connectivity index is 1.48. The van der Waals surface area contributed by atoms with E-state index in [1.807, 2.05) is 30.3 Å². The first-order chi connectivity index (χ1) is 11.6. The van der Waals surface area contributed by atoms with Crippen molar-refractivity contribution in [2.45, 2.75) is 32.5 Å². The highest BCUT2D eigenvalue weighted by molar-refractivity contribution is 5.13. The third kappa shape index (κ3) is 4.19. The molecule has 1 aliphatic heterocycles. The molecule has 0 amide bonds. The molecule has 128 valence electrons. The third-order valence-corrected chi connectivity index (χ3v) is 3.77. The lowest BCUT2D eigenvalue weighted by Crippen LogP contribution is -2.34. The third-order valence-electron chi connectivity index (χ3n) is 3.77. The second kappa shape index (κ2) is 7.57. The van der Waals surface area contributed by atoms with E-state index in [0.29, 0.717) is 31.9 Å². The van der Waals surface area contributed by atoms with Crippen LogP contribution in [-0.2, 0) is 27.4 Å². The van der Waals surface area contributed by atoms with Gasteiger partial charge >= 0.3 is 5.69 Å². The normalized spacial score (nSPS) is 20.4. The number of nitrogens with zero attached hydrogens (tertiary/aromatic N) is 1. The van der Waals surface area contributed by atoms with Crippen LogP contribution in [0.15, 0.2) is 46.1 Å². The van der Waals surface area contributed by atoms with Gasteiger partial charge in [-0.1, -0.05) is 30.3 Å². The lowest BCUT2D eigenvalue weighted by atomic mass is 10.2. The molecule has 0 spiro atoms. The van der Waals surface area contributed by atoms with Crippen LogP contribution in [0.2, 0.25) is 0 Å². The molecule has 0 saturated carbocycles. The average Bonchev–Trinajstić information content (AvgIpc) is 3.01. The molecule has 1 aromatic heterocycles. The van der Waals surface area contributed by atoms with Crippen molar-refractivity contribution in [3.63, 3.8) is 0 Å². The summed E-state index contributed by atoms with van der Waals surface area (Å²) in [5, 5.41) is 0. The zero-order chi connectivity index (χ0) is 16.9. The molecule has 0 bridgehead atoms. The molecule has 0 aliphatic carbocycles. The number of aromatic amines is 1. The lowest BCUT2D eigenvalue weighted by Gasteiger charge is -2.13. The second-order valence-electron chi connectivity index (χ2n) is 5.75. The SMILES string of the molecule is Cc1cn(C[C@H]2CO[C@@H](COCc3ccccc3)O2)c(=O)[nH]c1=O. The van der Waals surface area contributed by atoms with Crippen LogP contribution >= 0.6 is 0 Å². The van der Waals surface area contributed by atoms with E-state index >= 15 is 0 Å². The Kier molecular flexibility index (Phi) is 5.24. The van der Waals surface area contributed by atoms with Crippen LogP contribution in [0.4, 0.5) is 0 Å². The maximum absolute atomic E-state index is 11.8. The minimum absolute atomic E-state index is 0.252. The summed E-state index contributed by atoms with van der Waals surface area (Å²) in [5.41, 5.74) is 0.753. The molecular formula is C17H20N2O5. The molecular weight excluding hydrogens is 312 g/mol. The van der Waals surface area contributed by atoms with Crippen molar-refractivity contribution in [3.8, 4) is 0 Å². The summed E-state index contributed by atoms with van der Waals surface area (Å²) in [7, 11) is 0. The summed E-state index contributed by atoms with van der Waals surface area (Å²) in [5.74, 6) is 0. The van der Waals surface area contributed by atoms with Crippen molar-refractivity contribution in [1.82, 2.24) is 9.55 Å². The Bertz CT molecular complexity index is 784. The van der Waals surface area contributed by atoms with Crippen molar-refractivity contribution >= 4 is 0 Å². The van der Waals surface area contributed by atoms with E-state index in [4.69, 9.17) is 14.2 Å². The van der Waals surface area contributed by atoms with Gasteiger partial charge in [0.1, 0.15) is 6.10 Å². The highest BCUT2D eigenvalue weighted by Gasteiger charge is 2.26. The van der Waals surface area contributed by atoms with Gasteiger partial charge in [0.15, 0.2) is 6.29 Å². The molecule has 1 aliphatic rings. The van der Waals surface area contributed by atoms with E-state index in [0.717, 1.165) is 5.56 Å². The van der Waals surface area contributed by atoms with Crippen molar-refractivity contribution < 1.29 is 14.2 Å². The van der Waals surface area contributed by atoms with Crippen LogP contribution in [0.1, 0.15) is 11.1 Å². The van der Waals surface area contributed by atoms with E-state index in [-0.39, 0.29) is 11.7 Å².